The number of carboxylic acids is 1. The van der Waals surface area contributed by atoms with Gasteiger partial charge in [-0.3, -0.25) is 9.59 Å². The lowest BCUT2D eigenvalue weighted by molar-refractivity contribution is -0.150. The van der Waals surface area contributed by atoms with Crippen molar-refractivity contribution >= 4 is 11.9 Å². The molecule has 0 aliphatic heterocycles. The lowest BCUT2D eigenvalue weighted by Gasteiger charge is -2.15. The minimum Gasteiger partial charge on any atom is -0.480 e. The quantitative estimate of drug-likeness (QED) is 0.597. The van der Waals surface area contributed by atoms with Gasteiger partial charge in [-0.25, -0.2) is 0 Å². The fourth-order valence-corrected chi connectivity index (χ4v) is 1.68. The lowest BCUT2D eigenvalue weighted by Crippen LogP contribution is -2.33. The van der Waals surface area contributed by atoms with E-state index in [0.717, 1.165) is 5.56 Å². The number of carbonyl (C=O) groups is 2. The molecule has 1 unspecified atom stereocenters. The Balaban J connectivity index is 2.40. The molecule has 0 aliphatic rings. The van der Waals surface area contributed by atoms with Gasteiger partial charge < -0.3 is 21.3 Å². The van der Waals surface area contributed by atoms with Gasteiger partial charge in [0.25, 0.3) is 0 Å². The standard InChI is InChI=1S/C14H20N2O4/c15-8-11(6-7-12(16)13(17)18)14(19)20-9-10-4-2-1-3-5-10/h1-5,11-12H,6-9,15-16H2,(H,17,18)/t11?,12-/m0/s1. The Bertz CT molecular complexity index is 436. The number of hydrogen-bond acceptors (Lipinski definition) is 5. The summed E-state index contributed by atoms with van der Waals surface area (Å²) in [5, 5.41) is 8.69. The molecule has 0 saturated carbocycles. The number of carboxylic acid groups (broad SMARTS) is 1. The van der Waals surface area contributed by atoms with Crippen LogP contribution in [0.25, 0.3) is 0 Å². The van der Waals surface area contributed by atoms with Crippen molar-refractivity contribution < 1.29 is 19.4 Å². The van der Waals surface area contributed by atoms with E-state index >= 15 is 0 Å². The molecule has 0 heterocycles. The van der Waals surface area contributed by atoms with Crippen molar-refractivity contribution in [2.45, 2.75) is 25.5 Å². The summed E-state index contributed by atoms with van der Waals surface area (Å²) in [4.78, 5) is 22.4. The van der Waals surface area contributed by atoms with Crippen LogP contribution in [0, 0.1) is 5.92 Å². The number of esters is 1. The highest BCUT2D eigenvalue weighted by Crippen LogP contribution is 2.11. The van der Waals surface area contributed by atoms with E-state index in [4.69, 9.17) is 21.3 Å². The van der Waals surface area contributed by atoms with Crippen LogP contribution in [0.15, 0.2) is 30.3 Å². The highest BCUT2D eigenvalue weighted by molar-refractivity contribution is 5.74. The molecule has 0 bridgehead atoms. The van der Waals surface area contributed by atoms with E-state index in [1.54, 1.807) is 0 Å². The van der Waals surface area contributed by atoms with Crippen LogP contribution >= 0.6 is 0 Å². The second-order valence-electron chi connectivity index (χ2n) is 4.55. The Hall–Kier alpha value is -1.92. The van der Waals surface area contributed by atoms with Gasteiger partial charge in [0.15, 0.2) is 0 Å². The molecule has 2 atom stereocenters. The molecule has 110 valence electrons. The Morgan fingerprint density at radius 2 is 1.85 bits per heavy atom. The van der Waals surface area contributed by atoms with E-state index < -0.39 is 23.9 Å². The molecule has 1 rings (SSSR count). The van der Waals surface area contributed by atoms with Gasteiger partial charge in [0.05, 0.1) is 5.92 Å². The Kier molecular flexibility index (Phi) is 6.69. The predicted octanol–water partition coefficient (Wildman–Crippen LogP) is 0.497. The number of benzene rings is 1. The topological polar surface area (TPSA) is 116 Å². The molecule has 0 aliphatic carbocycles. The minimum absolute atomic E-state index is 0.111. The zero-order valence-corrected chi connectivity index (χ0v) is 11.2. The smallest absolute Gasteiger partial charge is 0.320 e. The Morgan fingerprint density at radius 3 is 2.40 bits per heavy atom. The maximum Gasteiger partial charge on any atom is 0.320 e. The van der Waals surface area contributed by atoms with Gasteiger partial charge >= 0.3 is 11.9 Å². The van der Waals surface area contributed by atoms with E-state index in [1.807, 2.05) is 30.3 Å². The summed E-state index contributed by atoms with van der Waals surface area (Å²) < 4.78 is 5.17. The first-order valence-electron chi connectivity index (χ1n) is 6.43. The van der Waals surface area contributed by atoms with Gasteiger partial charge in [0.2, 0.25) is 0 Å². The zero-order chi connectivity index (χ0) is 15.0. The number of aliphatic carboxylic acids is 1. The van der Waals surface area contributed by atoms with Crippen molar-refractivity contribution in [3.63, 3.8) is 0 Å². The number of ether oxygens (including phenoxy) is 1. The average molecular weight is 280 g/mol. The molecule has 0 fully saturated rings. The summed E-state index contributed by atoms with van der Waals surface area (Å²) in [7, 11) is 0. The summed E-state index contributed by atoms with van der Waals surface area (Å²) in [5.41, 5.74) is 11.8. The summed E-state index contributed by atoms with van der Waals surface area (Å²) in [6.45, 7) is 0.293. The van der Waals surface area contributed by atoms with Crippen molar-refractivity contribution in [3.8, 4) is 0 Å². The minimum atomic E-state index is -1.08. The highest BCUT2D eigenvalue weighted by Gasteiger charge is 2.21. The van der Waals surface area contributed by atoms with Crippen LogP contribution in [-0.2, 0) is 20.9 Å². The van der Waals surface area contributed by atoms with Crippen LogP contribution in [0.2, 0.25) is 0 Å². The van der Waals surface area contributed by atoms with E-state index in [-0.39, 0.29) is 19.6 Å². The Labute approximate surface area is 117 Å². The molecular weight excluding hydrogens is 260 g/mol. The van der Waals surface area contributed by atoms with Gasteiger partial charge in [-0.1, -0.05) is 30.3 Å². The third-order valence-electron chi connectivity index (χ3n) is 2.99. The number of nitrogens with two attached hydrogens (primary N) is 2. The van der Waals surface area contributed by atoms with Gasteiger partial charge in [0, 0.05) is 6.54 Å². The molecule has 0 radical (unpaired) electrons. The van der Waals surface area contributed by atoms with E-state index in [9.17, 15) is 9.59 Å². The van der Waals surface area contributed by atoms with Crippen LogP contribution in [0.4, 0.5) is 0 Å². The van der Waals surface area contributed by atoms with Crippen molar-refractivity contribution in [3.05, 3.63) is 35.9 Å². The molecule has 0 amide bonds. The lowest BCUT2D eigenvalue weighted by atomic mass is 10.0. The maximum absolute atomic E-state index is 11.8. The van der Waals surface area contributed by atoms with Crippen LogP contribution < -0.4 is 11.5 Å². The molecule has 20 heavy (non-hydrogen) atoms. The molecule has 1 aromatic carbocycles. The third-order valence-corrected chi connectivity index (χ3v) is 2.99. The van der Waals surface area contributed by atoms with Gasteiger partial charge in [-0.05, 0) is 18.4 Å². The number of carbonyl (C=O) groups excluding carboxylic acids is 1. The first kappa shape index (κ1) is 16.1. The summed E-state index contributed by atoms with van der Waals surface area (Å²) in [6, 6.07) is 8.31. The van der Waals surface area contributed by atoms with Gasteiger partial charge in [-0.2, -0.15) is 0 Å². The normalized spacial score (nSPS) is 13.5. The van der Waals surface area contributed by atoms with Crippen molar-refractivity contribution in [2.75, 3.05) is 6.54 Å². The average Bonchev–Trinajstić information content (AvgIpc) is 2.46. The predicted molar refractivity (Wildman–Crippen MR) is 73.6 cm³/mol. The third kappa shape index (κ3) is 5.38. The van der Waals surface area contributed by atoms with Crippen LogP contribution in [-0.4, -0.2) is 29.6 Å². The van der Waals surface area contributed by atoms with Gasteiger partial charge in [-0.15, -0.1) is 0 Å². The summed E-state index contributed by atoms with van der Waals surface area (Å²) in [6.07, 6.45) is 0.495. The van der Waals surface area contributed by atoms with Crippen molar-refractivity contribution in [2.24, 2.45) is 17.4 Å². The van der Waals surface area contributed by atoms with Crippen LogP contribution in [0.5, 0.6) is 0 Å². The van der Waals surface area contributed by atoms with Gasteiger partial charge in [0.1, 0.15) is 12.6 Å². The first-order chi connectivity index (χ1) is 9.54. The first-order valence-corrected chi connectivity index (χ1v) is 6.43. The SMILES string of the molecule is NCC(CC[C@H](N)C(=O)O)C(=O)OCc1ccccc1. The molecule has 0 spiro atoms. The zero-order valence-electron chi connectivity index (χ0n) is 11.2. The monoisotopic (exact) mass is 280 g/mol. The van der Waals surface area contributed by atoms with E-state index in [0.29, 0.717) is 6.42 Å². The molecule has 1 aromatic rings. The fraction of sp³-hybridized carbons (Fsp3) is 0.429. The Morgan fingerprint density at radius 1 is 1.20 bits per heavy atom. The maximum atomic E-state index is 11.8. The van der Waals surface area contributed by atoms with E-state index in [1.165, 1.54) is 0 Å². The molecule has 0 saturated heterocycles. The molecule has 0 aromatic heterocycles. The van der Waals surface area contributed by atoms with Crippen LogP contribution in [0.1, 0.15) is 18.4 Å². The summed E-state index contributed by atoms with van der Waals surface area (Å²) in [5.74, 6) is -2.03. The second kappa shape index (κ2) is 8.29. The van der Waals surface area contributed by atoms with Crippen molar-refractivity contribution in [1.29, 1.82) is 0 Å². The molecular formula is C14H20N2O4. The highest BCUT2D eigenvalue weighted by atomic mass is 16.5. The molecule has 6 nitrogen and oxygen atoms in total. The van der Waals surface area contributed by atoms with Crippen molar-refractivity contribution in [1.82, 2.24) is 0 Å². The van der Waals surface area contributed by atoms with Crippen LogP contribution in [0.3, 0.4) is 0 Å². The molecule has 5 N–H and O–H groups in total. The van der Waals surface area contributed by atoms with E-state index in [2.05, 4.69) is 0 Å². The number of hydrogen-bond donors (Lipinski definition) is 3. The molecule has 6 heteroatoms. The fourth-order valence-electron chi connectivity index (χ4n) is 1.68. The summed E-state index contributed by atoms with van der Waals surface area (Å²) >= 11 is 0. The number of rotatable bonds is 8. The largest absolute Gasteiger partial charge is 0.480 e. The second-order valence-corrected chi connectivity index (χ2v) is 4.55.